The lowest BCUT2D eigenvalue weighted by Gasteiger charge is -2.18. The molecule has 0 aliphatic carbocycles. The maximum Gasteiger partial charge on any atom is 0.196 e. The monoisotopic (exact) mass is 295 g/mol. The Kier molecular flexibility index (Phi) is 4.59. The summed E-state index contributed by atoms with van der Waals surface area (Å²) < 4.78 is 5.84. The van der Waals surface area contributed by atoms with E-state index in [4.69, 9.17) is 4.74 Å². The standard InChI is InChI=1S/C18H21N3O/c1-2-14-7-4-6-10-17(14)22-12-11-19-18-20-13-15-8-3-5-9-16(15)21-18/h3-10H,2,11-13H2,1H3,(H2,19,20,21). The maximum atomic E-state index is 5.84. The van der Waals surface area contributed by atoms with Gasteiger partial charge in [0.1, 0.15) is 12.4 Å². The van der Waals surface area contributed by atoms with Crippen molar-refractivity contribution in [2.45, 2.75) is 19.9 Å². The maximum absolute atomic E-state index is 5.84. The Balaban J connectivity index is 1.51. The van der Waals surface area contributed by atoms with E-state index in [1.807, 2.05) is 36.4 Å². The number of benzene rings is 2. The predicted octanol–water partition coefficient (Wildman–Crippen LogP) is 3.01. The van der Waals surface area contributed by atoms with Crippen LogP contribution in [0.25, 0.3) is 0 Å². The zero-order valence-electron chi connectivity index (χ0n) is 12.8. The highest BCUT2D eigenvalue weighted by Gasteiger charge is 2.09. The molecular weight excluding hydrogens is 274 g/mol. The largest absolute Gasteiger partial charge is 0.491 e. The van der Waals surface area contributed by atoms with Crippen LogP contribution < -0.4 is 15.4 Å². The number of nitrogens with zero attached hydrogens (tertiary/aromatic N) is 1. The molecule has 1 heterocycles. The van der Waals surface area contributed by atoms with Gasteiger partial charge in [-0.15, -0.1) is 0 Å². The van der Waals surface area contributed by atoms with Crippen LogP contribution in [0.5, 0.6) is 5.75 Å². The van der Waals surface area contributed by atoms with Crippen molar-refractivity contribution in [2.75, 3.05) is 13.2 Å². The summed E-state index contributed by atoms with van der Waals surface area (Å²) in [5.74, 6) is 1.78. The molecular formula is C18H21N3O. The molecule has 0 aromatic heterocycles. The lowest BCUT2D eigenvalue weighted by atomic mass is 10.1. The van der Waals surface area contributed by atoms with E-state index in [9.17, 15) is 0 Å². The molecule has 2 aromatic rings. The molecule has 1 aliphatic heterocycles. The van der Waals surface area contributed by atoms with E-state index in [0.29, 0.717) is 13.2 Å². The van der Waals surface area contributed by atoms with Crippen LogP contribution >= 0.6 is 0 Å². The summed E-state index contributed by atoms with van der Waals surface area (Å²) in [4.78, 5) is 4.56. The van der Waals surface area contributed by atoms with Crippen LogP contribution in [0.4, 0.5) is 5.69 Å². The van der Waals surface area contributed by atoms with Gasteiger partial charge in [-0.25, -0.2) is 4.99 Å². The Hall–Kier alpha value is -2.49. The second-order valence-corrected chi connectivity index (χ2v) is 5.18. The summed E-state index contributed by atoms with van der Waals surface area (Å²) in [6, 6.07) is 16.3. The molecule has 0 fully saturated rings. The van der Waals surface area contributed by atoms with Crippen molar-refractivity contribution in [2.24, 2.45) is 4.99 Å². The smallest absolute Gasteiger partial charge is 0.196 e. The van der Waals surface area contributed by atoms with Crippen LogP contribution in [0.2, 0.25) is 0 Å². The molecule has 4 nitrogen and oxygen atoms in total. The summed E-state index contributed by atoms with van der Waals surface area (Å²) in [5.41, 5.74) is 3.49. The van der Waals surface area contributed by atoms with Crippen molar-refractivity contribution in [3.63, 3.8) is 0 Å². The summed E-state index contributed by atoms with van der Waals surface area (Å²) in [7, 11) is 0. The van der Waals surface area contributed by atoms with Crippen molar-refractivity contribution in [1.82, 2.24) is 10.6 Å². The first-order chi connectivity index (χ1) is 10.9. The number of para-hydroxylation sites is 2. The zero-order valence-corrected chi connectivity index (χ0v) is 12.8. The van der Waals surface area contributed by atoms with Crippen LogP contribution in [0.1, 0.15) is 18.1 Å². The van der Waals surface area contributed by atoms with Crippen LogP contribution in [0.15, 0.2) is 53.5 Å². The highest BCUT2D eigenvalue weighted by Crippen LogP contribution is 2.21. The van der Waals surface area contributed by atoms with E-state index in [-0.39, 0.29) is 0 Å². The van der Waals surface area contributed by atoms with Gasteiger partial charge in [-0.3, -0.25) is 0 Å². The zero-order chi connectivity index (χ0) is 15.2. The minimum absolute atomic E-state index is 0.610. The number of ether oxygens (including phenoxy) is 1. The van der Waals surface area contributed by atoms with Gasteiger partial charge in [0.25, 0.3) is 0 Å². The number of fused-ring (bicyclic) bond motifs is 1. The molecule has 4 heteroatoms. The number of rotatable bonds is 5. The third-order valence-corrected chi connectivity index (χ3v) is 3.68. The van der Waals surface area contributed by atoms with Gasteiger partial charge in [-0.2, -0.15) is 0 Å². The number of guanidine groups is 1. The van der Waals surface area contributed by atoms with Gasteiger partial charge in [0.05, 0.1) is 12.2 Å². The number of nitrogens with one attached hydrogen (secondary N) is 2. The molecule has 0 saturated carbocycles. The van der Waals surface area contributed by atoms with Crippen molar-refractivity contribution < 1.29 is 4.74 Å². The van der Waals surface area contributed by atoms with E-state index < -0.39 is 0 Å². The lowest BCUT2D eigenvalue weighted by molar-refractivity contribution is 0.319. The number of aryl methyl sites for hydroxylation is 1. The molecule has 114 valence electrons. The van der Waals surface area contributed by atoms with Gasteiger partial charge in [-0.1, -0.05) is 43.3 Å². The van der Waals surface area contributed by atoms with Crippen LogP contribution in [-0.4, -0.2) is 19.1 Å². The van der Waals surface area contributed by atoms with Gasteiger partial charge in [0, 0.05) is 6.54 Å². The van der Waals surface area contributed by atoms with Crippen molar-refractivity contribution in [3.8, 4) is 5.75 Å². The molecule has 2 N–H and O–H groups in total. The average molecular weight is 295 g/mol. The van der Waals surface area contributed by atoms with Gasteiger partial charge >= 0.3 is 0 Å². The lowest BCUT2D eigenvalue weighted by Crippen LogP contribution is -2.40. The summed E-state index contributed by atoms with van der Waals surface area (Å²) in [6.07, 6.45) is 0.981. The third-order valence-electron chi connectivity index (χ3n) is 3.68. The van der Waals surface area contributed by atoms with Crippen molar-refractivity contribution in [1.29, 1.82) is 0 Å². The highest BCUT2D eigenvalue weighted by molar-refractivity contribution is 5.84. The summed E-state index contributed by atoms with van der Waals surface area (Å²) >= 11 is 0. The molecule has 22 heavy (non-hydrogen) atoms. The van der Waals surface area contributed by atoms with E-state index in [2.05, 4.69) is 34.7 Å². The fraction of sp³-hybridized carbons (Fsp3) is 0.278. The molecule has 0 unspecified atom stereocenters. The number of hydrogen-bond acceptors (Lipinski definition) is 4. The highest BCUT2D eigenvalue weighted by atomic mass is 16.5. The van der Waals surface area contributed by atoms with Gasteiger partial charge in [0.2, 0.25) is 0 Å². The molecule has 0 bridgehead atoms. The topological polar surface area (TPSA) is 45.6 Å². The third kappa shape index (κ3) is 3.39. The first-order valence-corrected chi connectivity index (χ1v) is 7.72. The Morgan fingerprint density at radius 2 is 1.95 bits per heavy atom. The van der Waals surface area contributed by atoms with Gasteiger partial charge in [-0.05, 0) is 29.7 Å². The SMILES string of the molecule is CCc1ccccc1OCCNC1=Nc2ccccc2CN1. The van der Waals surface area contributed by atoms with E-state index in [1.54, 1.807) is 0 Å². The number of aliphatic imine (C=N–C) groups is 1. The van der Waals surface area contributed by atoms with Crippen molar-refractivity contribution in [3.05, 3.63) is 59.7 Å². The summed E-state index contributed by atoms with van der Waals surface area (Å²) in [5, 5.41) is 6.56. The molecule has 1 aliphatic rings. The number of hydrogen-bond donors (Lipinski definition) is 2. The second kappa shape index (κ2) is 6.98. The fourth-order valence-corrected chi connectivity index (χ4v) is 2.48. The molecule has 0 atom stereocenters. The Morgan fingerprint density at radius 1 is 1.14 bits per heavy atom. The Bertz CT molecular complexity index is 667. The predicted molar refractivity (Wildman–Crippen MR) is 89.7 cm³/mol. The normalized spacial score (nSPS) is 12.9. The van der Waals surface area contributed by atoms with Crippen LogP contribution in [0.3, 0.4) is 0 Å². The quantitative estimate of drug-likeness (QED) is 0.834. The average Bonchev–Trinajstić information content (AvgIpc) is 2.59. The molecule has 2 aromatic carbocycles. The van der Waals surface area contributed by atoms with Crippen LogP contribution in [-0.2, 0) is 13.0 Å². The minimum atomic E-state index is 0.610. The van der Waals surface area contributed by atoms with Crippen LogP contribution in [0, 0.1) is 0 Å². The van der Waals surface area contributed by atoms with E-state index >= 15 is 0 Å². The Morgan fingerprint density at radius 3 is 2.86 bits per heavy atom. The molecule has 0 saturated heterocycles. The molecule has 0 radical (unpaired) electrons. The first kappa shape index (κ1) is 14.4. The second-order valence-electron chi connectivity index (χ2n) is 5.18. The Labute approximate surface area is 131 Å². The fourth-order valence-electron chi connectivity index (χ4n) is 2.48. The van der Waals surface area contributed by atoms with Crippen molar-refractivity contribution >= 4 is 11.6 Å². The molecule has 0 spiro atoms. The van der Waals surface area contributed by atoms with Gasteiger partial charge in [0.15, 0.2) is 5.96 Å². The van der Waals surface area contributed by atoms with Gasteiger partial charge < -0.3 is 15.4 Å². The molecule has 3 rings (SSSR count). The minimum Gasteiger partial charge on any atom is -0.491 e. The van der Waals surface area contributed by atoms with E-state index in [1.165, 1.54) is 11.1 Å². The van der Waals surface area contributed by atoms with E-state index in [0.717, 1.165) is 30.4 Å². The first-order valence-electron chi connectivity index (χ1n) is 7.72. The summed E-state index contributed by atoms with van der Waals surface area (Å²) in [6.45, 7) is 4.27. The molecule has 0 amide bonds.